The fourth-order valence-electron chi connectivity index (χ4n) is 3.73. The number of aromatic nitrogens is 2. The van der Waals surface area contributed by atoms with E-state index in [-0.39, 0.29) is 5.56 Å². The lowest BCUT2D eigenvalue weighted by Gasteiger charge is -2.34. The van der Waals surface area contributed by atoms with Crippen LogP contribution in [0.3, 0.4) is 0 Å². The number of aromatic carboxylic acids is 1. The lowest BCUT2D eigenvalue weighted by atomic mass is 10.1. The fourth-order valence-corrected chi connectivity index (χ4v) is 4.47. The minimum atomic E-state index is -0.953. The molecular formula is C22H22N6O2S. The molecule has 0 spiro atoms. The highest BCUT2D eigenvalue weighted by atomic mass is 32.2. The predicted octanol–water partition coefficient (Wildman–Crippen LogP) is 3.77. The van der Waals surface area contributed by atoms with Gasteiger partial charge >= 0.3 is 5.97 Å². The van der Waals surface area contributed by atoms with Crippen molar-refractivity contribution in [1.82, 2.24) is 14.9 Å². The van der Waals surface area contributed by atoms with Gasteiger partial charge in [0, 0.05) is 49.3 Å². The Bertz CT molecular complexity index is 1130. The van der Waals surface area contributed by atoms with Crippen molar-refractivity contribution < 1.29 is 9.90 Å². The first-order valence-corrected chi connectivity index (χ1v) is 10.9. The van der Waals surface area contributed by atoms with Crippen LogP contribution in [0.1, 0.15) is 10.4 Å². The maximum Gasteiger partial charge on any atom is 0.335 e. The zero-order valence-electron chi connectivity index (χ0n) is 17.0. The molecule has 2 aromatic carbocycles. The van der Waals surface area contributed by atoms with Crippen molar-refractivity contribution in [2.24, 2.45) is 0 Å². The highest BCUT2D eigenvalue weighted by molar-refractivity contribution is 8.00. The largest absolute Gasteiger partial charge is 0.478 e. The first-order valence-electron chi connectivity index (χ1n) is 10.0. The Morgan fingerprint density at radius 2 is 1.90 bits per heavy atom. The molecule has 31 heavy (non-hydrogen) atoms. The van der Waals surface area contributed by atoms with Crippen LogP contribution in [-0.4, -0.2) is 59.2 Å². The van der Waals surface area contributed by atoms with Crippen molar-refractivity contribution in [3.8, 4) is 11.3 Å². The van der Waals surface area contributed by atoms with Gasteiger partial charge in [0.05, 0.1) is 21.8 Å². The molecule has 1 fully saturated rings. The minimum absolute atomic E-state index is 0.239. The summed E-state index contributed by atoms with van der Waals surface area (Å²) in [6.07, 6.45) is 1.77. The van der Waals surface area contributed by atoms with Crippen molar-refractivity contribution in [3.05, 3.63) is 54.2 Å². The van der Waals surface area contributed by atoms with Gasteiger partial charge in [-0.3, -0.25) is 0 Å². The van der Waals surface area contributed by atoms with E-state index in [1.54, 1.807) is 24.4 Å². The molecule has 0 radical (unpaired) electrons. The number of likely N-dealkylation sites (N-methyl/N-ethyl adjacent to an activating group) is 1. The molecule has 3 N–H and O–H groups in total. The number of nitrogens with zero attached hydrogens (tertiary/aromatic N) is 4. The molecule has 0 amide bonds. The van der Waals surface area contributed by atoms with Gasteiger partial charge in [0.2, 0.25) is 5.95 Å². The Balaban J connectivity index is 1.35. The molecule has 0 unspecified atom stereocenters. The van der Waals surface area contributed by atoms with Gasteiger partial charge in [-0.05, 0) is 61.5 Å². The van der Waals surface area contributed by atoms with Crippen molar-refractivity contribution in [2.45, 2.75) is 4.90 Å². The Morgan fingerprint density at radius 3 is 2.65 bits per heavy atom. The maximum absolute atomic E-state index is 11.3. The molecule has 158 valence electrons. The van der Waals surface area contributed by atoms with Gasteiger partial charge in [0.1, 0.15) is 0 Å². The average molecular weight is 435 g/mol. The third-order valence-electron chi connectivity index (χ3n) is 5.54. The summed E-state index contributed by atoms with van der Waals surface area (Å²) in [5.41, 5.74) is 4.75. The van der Waals surface area contributed by atoms with Crippen LogP contribution in [0.15, 0.2) is 53.6 Å². The SMILES string of the molecule is CN1CCN(c2ccc(Nc3ncc4c(n3)-c3ccc(C(=O)O)cc3NS4)cc2)CC1. The third-order valence-corrected chi connectivity index (χ3v) is 6.38. The number of anilines is 4. The molecule has 2 aliphatic heterocycles. The van der Waals surface area contributed by atoms with E-state index in [0.717, 1.165) is 53.7 Å². The Kier molecular flexibility index (Phi) is 5.13. The van der Waals surface area contributed by atoms with E-state index in [4.69, 9.17) is 4.98 Å². The Labute approximate surface area is 184 Å². The van der Waals surface area contributed by atoms with Gasteiger partial charge in [0.15, 0.2) is 0 Å². The molecule has 9 heteroatoms. The number of hydrogen-bond donors (Lipinski definition) is 3. The number of benzene rings is 2. The molecule has 3 heterocycles. The zero-order chi connectivity index (χ0) is 21.4. The Morgan fingerprint density at radius 1 is 1.13 bits per heavy atom. The standard InChI is InChI=1S/C22H22N6O2S/c1-27-8-10-28(11-9-27)16-5-3-15(4-6-16)24-22-23-13-19-20(25-22)17-7-2-14(21(29)30)12-18(17)26-31-19/h2-7,12-13,26H,8-11H2,1H3,(H,29,30)(H,23,24,25). The van der Waals surface area contributed by atoms with Crippen LogP contribution in [0.5, 0.6) is 0 Å². The molecule has 0 aliphatic carbocycles. The summed E-state index contributed by atoms with van der Waals surface area (Å²) in [4.78, 5) is 26.0. The minimum Gasteiger partial charge on any atom is -0.478 e. The zero-order valence-corrected chi connectivity index (χ0v) is 17.8. The number of rotatable bonds is 4. The second-order valence-corrected chi connectivity index (χ2v) is 8.49. The molecule has 0 saturated carbocycles. The maximum atomic E-state index is 11.3. The number of nitrogens with one attached hydrogen (secondary N) is 2. The van der Waals surface area contributed by atoms with Crippen LogP contribution in [0.2, 0.25) is 0 Å². The highest BCUT2D eigenvalue weighted by Gasteiger charge is 2.21. The van der Waals surface area contributed by atoms with Crippen LogP contribution in [-0.2, 0) is 0 Å². The van der Waals surface area contributed by atoms with E-state index < -0.39 is 5.97 Å². The number of hydrogen-bond acceptors (Lipinski definition) is 8. The number of piperazine rings is 1. The second-order valence-electron chi connectivity index (χ2n) is 7.64. The molecular weight excluding hydrogens is 412 g/mol. The van der Waals surface area contributed by atoms with Crippen LogP contribution in [0.4, 0.5) is 23.0 Å². The van der Waals surface area contributed by atoms with Gasteiger partial charge in [-0.2, -0.15) is 0 Å². The quantitative estimate of drug-likeness (QED) is 0.531. The van der Waals surface area contributed by atoms with Crippen LogP contribution in [0.25, 0.3) is 11.3 Å². The van der Waals surface area contributed by atoms with E-state index in [9.17, 15) is 9.90 Å². The first-order chi connectivity index (χ1) is 15.1. The van der Waals surface area contributed by atoms with E-state index >= 15 is 0 Å². The van der Waals surface area contributed by atoms with Crippen molar-refractivity contribution >= 4 is 40.9 Å². The van der Waals surface area contributed by atoms with E-state index in [2.05, 4.69) is 44.0 Å². The molecule has 8 nitrogen and oxygen atoms in total. The summed E-state index contributed by atoms with van der Waals surface area (Å²) in [6, 6.07) is 13.3. The lowest BCUT2D eigenvalue weighted by molar-refractivity contribution is 0.0697. The van der Waals surface area contributed by atoms with Crippen molar-refractivity contribution in [1.29, 1.82) is 0 Å². The molecule has 1 saturated heterocycles. The third kappa shape index (κ3) is 4.01. The molecule has 2 aliphatic rings. The number of carboxylic acids is 1. The summed E-state index contributed by atoms with van der Waals surface area (Å²) in [7, 11) is 2.15. The fraction of sp³-hybridized carbons (Fsp3) is 0.227. The van der Waals surface area contributed by atoms with E-state index in [0.29, 0.717) is 5.95 Å². The van der Waals surface area contributed by atoms with E-state index in [1.165, 1.54) is 17.6 Å². The summed E-state index contributed by atoms with van der Waals surface area (Å²) >= 11 is 1.38. The van der Waals surface area contributed by atoms with E-state index in [1.807, 2.05) is 12.1 Å². The molecule has 3 aromatic rings. The summed E-state index contributed by atoms with van der Waals surface area (Å²) < 4.78 is 3.17. The first kappa shape index (κ1) is 19.7. The smallest absolute Gasteiger partial charge is 0.335 e. The predicted molar refractivity (Wildman–Crippen MR) is 123 cm³/mol. The van der Waals surface area contributed by atoms with Crippen molar-refractivity contribution in [2.75, 3.05) is 48.2 Å². The number of carboxylic acid groups (broad SMARTS) is 1. The molecule has 1 aromatic heterocycles. The summed E-state index contributed by atoms with van der Waals surface area (Å²) in [6.45, 7) is 4.22. The monoisotopic (exact) mass is 434 g/mol. The number of fused-ring (bicyclic) bond motifs is 3. The van der Waals surface area contributed by atoms with Gasteiger partial charge in [-0.25, -0.2) is 14.8 Å². The van der Waals surface area contributed by atoms with Crippen LogP contribution in [0, 0.1) is 0 Å². The van der Waals surface area contributed by atoms with Crippen molar-refractivity contribution in [3.63, 3.8) is 0 Å². The van der Waals surface area contributed by atoms with Crippen LogP contribution >= 0.6 is 11.9 Å². The molecule has 0 atom stereocenters. The lowest BCUT2D eigenvalue weighted by Crippen LogP contribution is -2.44. The summed E-state index contributed by atoms with van der Waals surface area (Å²) in [5, 5.41) is 12.5. The highest BCUT2D eigenvalue weighted by Crippen LogP contribution is 2.41. The second kappa shape index (κ2) is 8.09. The number of carbonyl (C=O) groups is 1. The summed E-state index contributed by atoms with van der Waals surface area (Å²) in [5.74, 6) is -0.452. The van der Waals surface area contributed by atoms with Gasteiger partial charge in [-0.15, -0.1) is 0 Å². The van der Waals surface area contributed by atoms with Gasteiger partial charge < -0.3 is 24.9 Å². The van der Waals surface area contributed by atoms with Gasteiger partial charge in [0.25, 0.3) is 0 Å². The molecule has 5 rings (SSSR count). The Hall–Kier alpha value is -3.30. The average Bonchev–Trinajstić information content (AvgIpc) is 2.79. The molecule has 0 bridgehead atoms. The topological polar surface area (TPSA) is 93.6 Å². The normalized spacial score (nSPS) is 15.6. The van der Waals surface area contributed by atoms with Crippen LogP contribution < -0.4 is 14.9 Å². The van der Waals surface area contributed by atoms with Gasteiger partial charge in [-0.1, -0.05) is 0 Å².